The Bertz CT molecular complexity index is 425. The maximum absolute atomic E-state index is 12.7. The molecule has 0 saturated carbocycles. The van der Waals surface area contributed by atoms with E-state index in [1.165, 1.54) is 31.1 Å². The van der Waals surface area contributed by atoms with Crippen LogP contribution in [0.4, 0.5) is 4.39 Å². The van der Waals surface area contributed by atoms with Gasteiger partial charge in [0.05, 0.1) is 0 Å². The van der Waals surface area contributed by atoms with Crippen molar-refractivity contribution in [1.29, 1.82) is 0 Å². The van der Waals surface area contributed by atoms with Gasteiger partial charge in [-0.25, -0.2) is 4.39 Å². The van der Waals surface area contributed by atoms with Crippen LogP contribution >= 0.6 is 0 Å². The van der Waals surface area contributed by atoms with Crippen LogP contribution in [0.2, 0.25) is 0 Å². The molecular formula is C17H24FNO. The summed E-state index contributed by atoms with van der Waals surface area (Å²) in [5.41, 5.74) is 0.820. The van der Waals surface area contributed by atoms with Gasteiger partial charge >= 0.3 is 0 Å². The van der Waals surface area contributed by atoms with Gasteiger partial charge in [-0.2, -0.15) is 0 Å². The number of hydrogen-bond acceptors (Lipinski definition) is 1. The van der Waals surface area contributed by atoms with Crippen LogP contribution in [0.15, 0.2) is 30.3 Å². The van der Waals surface area contributed by atoms with Gasteiger partial charge in [0.25, 0.3) is 0 Å². The van der Waals surface area contributed by atoms with Crippen molar-refractivity contribution in [3.8, 4) is 0 Å². The topological polar surface area (TPSA) is 29.1 Å². The first kappa shape index (κ1) is 16.4. The zero-order valence-corrected chi connectivity index (χ0v) is 12.4. The van der Waals surface area contributed by atoms with Crippen molar-refractivity contribution in [2.24, 2.45) is 0 Å². The molecule has 0 aliphatic carbocycles. The SMILES string of the molecule is CCCCCC(CC)NC(=O)/C=C/c1ccc(F)cc1. The zero-order chi connectivity index (χ0) is 14.8. The van der Waals surface area contributed by atoms with E-state index < -0.39 is 0 Å². The molecule has 1 aromatic carbocycles. The lowest BCUT2D eigenvalue weighted by atomic mass is 10.1. The number of benzene rings is 1. The molecule has 0 radical (unpaired) electrons. The quantitative estimate of drug-likeness (QED) is 0.556. The van der Waals surface area contributed by atoms with E-state index in [0.717, 1.165) is 24.8 Å². The highest BCUT2D eigenvalue weighted by atomic mass is 19.1. The summed E-state index contributed by atoms with van der Waals surface area (Å²) < 4.78 is 12.7. The molecule has 20 heavy (non-hydrogen) atoms. The van der Waals surface area contributed by atoms with Crippen molar-refractivity contribution >= 4 is 12.0 Å². The third kappa shape index (κ3) is 6.50. The van der Waals surface area contributed by atoms with Crippen LogP contribution in [0.3, 0.4) is 0 Å². The second-order valence-corrected chi connectivity index (χ2v) is 4.99. The smallest absolute Gasteiger partial charge is 0.244 e. The summed E-state index contributed by atoms with van der Waals surface area (Å²) in [4.78, 5) is 11.8. The number of unbranched alkanes of at least 4 members (excludes halogenated alkanes) is 2. The molecule has 0 heterocycles. The van der Waals surface area contributed by atoms with E-state index >= 15 is 0 Å². The van der Waals surface area contributed by atoms with Crippen molar-refractivity contribution in [2.75, 3.05) is 0 Å². The lowest BCUT2D eigenvalue weighted by molar-refractivity contribution is -0.117. The minimum atomic E-state index is -0.270. The third-order valence-corrected chi connectivity index (χ3v) is 3.29. The minimum Gasteiger partial charge on any atom is -0.350 e. The molecule has 110 valence electrons. The molecular weight excluding hydrogens is 253 g/mol. The van der Waals surface area contributed by atoms with Crippen molar-refractivity contribution in [2.45, 2.75) is 52.0 Å². The number of carbonyl (C=O) groups is 1. The summed E-state index contributed by atoms with van der Waals surface area (Å²) in [6.07, 6.45) is 8.73. The zero-order valence-electron chi connectivity index (χ0n) is 12.4. The highest BCUT2D eigenvalue weighted by molar-refractivity contribution is 5.91. The summed E-state index contributed by atoms with van der Waals surface area (Å²) in [5, 5.41) is 3.01. The maximum Gasteiger partial charge on any atom is 0.244 e. The maximum atomic E-state index is 12.7. The molecule has 1 rings (SSSR count). The second-order valence-electron chi connectivity index (χ2n) is 4.99. The molecule has 0 saturated heterocycles. The first-order valence-electron chi connectivity index (χ1n) is 7.39. The highest BCUT2D eigenvalue weighted by Crippen LogP contribution is 2.07. The van der Waals surface area contributed by atoms with E-state index in [1.807, 2.05) is 0 Å². The van der Waals surface area contributed by atoms with E-state index in [2.05, 4.69) is 19.2 Å². The average molecular weight is 277 g/mol. The largest absolute Gasteiger partial charge is 0.350 e. The van der Waals surface area contributed by atoms with Crippen LogP contribution in [0.5, 0.6) is 0 Å². The summed E-state index contributed by atoms with van der Waals surface area (Å²) in [5.74, 6) is -0.355. The van der Waals surface area contributed by atoms with Crippen molar-refractivity contribution < 1.29 is 9.18 Å². The Morgan fingerprint density at radius 2 is 1.95 bits per heavy atom. The molecule has 0 bridgehead atoms. The van der Waals surface area contributed by atoms with Crippen molar-refractivity contribution in [3.63, 3.8) is 0 Å². The molecule has 0 aliphatic heterocycles. The van der Waals surface area contributed by atoms with Gasteiger partial charge in [-0.3, -0.25) is 4.79 Å². The van der Waals surface area contributed by atoms with Gasteiger partial charge < -0.3 is 5.32 Å². The van der Waals surface area contributed by atoms with Crippen molar-refractivity contribution in [1.82, 2.24) is 5.32 Å². The Morgan fingerprint density at radius 3 is 2.55 bits per heavy atom. The van der Waals surface area contributed by atoms with Gasteiger partial charge in [0, 0.05) is 12.1 Å². The summed E-state index contributed by atoms with van der Waals surface area (Å²) >= 11 is 0. The fraction of sp³-hybridized carbons (Fsp3) is 0.471. The van der Waals surface area contributed by atoms with Gasteiger partial charge in [-0.05, 0) is 36.6 Å². The Labute approximate surface area is 121 Å². The molecule has 0 aromatic heterocycles. The third-order valence-electron chi connectivity index (χ3n) is 3.29. The lowest BCUT2D eigenvalue weighted by Crippen LogP contribution is -2.33. The predicted molar refractivity (Wildman–Crippen MR) is 81.8 cm³/mol. The van der Waals surface area contributed by atoms with Crippen LogP contribution < -0.4 is 5.32 Å². The number of amides is 1. The number of hydrogen-bond donors (Lipinski definition) is 1. The summed E-state index contributed by atoms with van der Waals surface area (Å²) in [6.45, 7) is 4.26. The number of carbonyl (C=O) groups excluding carboxylic acids is 1. The summed E-state index contributed by atoms with van der Waals surface area (Å²) in [7, 11) is 0. The molecule has 0 spiro atoms. The number of nitrogens with one attached hydrogen (secondary N) is 1. The minimum absolute atomic E-state index is 0.0855. The normalized spacial score (nSPS) is 12.6. The second kappa shape index (κ2) is 9.29. The Hall–Kier alpha value is -1.64. The fourth-order valence-corrected chi connectivity index (χ4v) is 2.01. The van der Waals surface area contributed by atoms with E-state index in [4.69, 9.17) is 0 Å². The predicted octanol–water partition coefficient (Wildman–Crippen LogP) is 4.31. The average Bonchev–Trinajstić information content (AvgIpc) is 2.46. The van der Waals surface area contributed by atoms with Gasteiger partial charge in [-0.15, -0.1) is 0 Å². The van der Waals surface area contributed by atoms with Gasteiger partial charge in [-0.1, -0.05) is 45.2 Å². The molecule has 1 amide bonds. The number of rotatable bonds is 8. The van der Waals surface area contributed by atoms with E-state index in [0.29, 0.717) is 0 Å². The van der Waals surface area contributed by atoms with Crippen LogP contribution in [-0.2, 0) is 4.79 Å². The van der Waals surface area contributed by atoms with Gasteiger partial charge in [0.2, 0.25) is 5.91 Å². The molecule has 0 fully saturated rings. The first-order valence-corrected chi connectivity index (χ1v) is 7.39. The first-order chi connectivity index (χ1) is 9.65. The molecule has 1 N–H and O–H groups in total. The van der Waals surface area contributed by atoms with Gasteiger partial charge in [0.15, 0.2) is 0 Å². The molecule has 0 aliphatic rings. The van der Waals surface area contributed by atoms with E-state index in [1.54, 1.807) is 18.2 Å². The molecule has 1 aromatic rings. The van der Waals surface area contributed by atoms with Crippen LogP contribution in [-0.4, -0.2) is 11.9 Å². The molecule has 1 unspecified atom stereocenters. The van der Waals surface area contributed by atoms with E-state index in [-0.39, 0.29) is 17.8 Å². The summed E-state index contributed by atoms with van der Waals surface area (Å²) in [6, 6.07) is 6.32. The van der Waals surface area contributed by atoms with E-state index in [9.17, 15) is 9.18 Å². The monoisotopic (exact) mass is 277 g/mol. The highest BCUT2D eigenvalue weighted by Gasteiger charge is 2.07. The van der Waals surface area contributed by atoms with Crippen LogP contribution in [0, 0.1) is 5.82 Å². The lowest BCUT2D eigenvalue weighted by Gasteiger charge is -2.15. The Morgan fingerprint density at radius 1 is 1.25 bits per heavy atom. The van der Waals surface area contributed by atoms with Crippen LogP contribution in [0.1, 0.15) is 51.5 Å². The Balaban J connectivity index is 2.42. The molecule has 3 heteroatoms. The fourth-order valence-electron chi connectivity index (χ4n) is 2.01. The van der Waals surface area contributed by atoms with Gasteiger partial charge in [0.1, 0.15) is 5.82 Å². The standard InChI is InChI=1S/C17H24FNO/c1-3-5-6-7-16(4-2)19-17(20)13-10-14-8-11-15(18)12-9-14/h8-13,16H,3-7H2,1-2H3,(H,19,20)/b13-10+. The molecule has 2 nitrogen and oxygen atoms in total. The molecule has 1 atom stereocenters. The van der Waals surface area contributed by atoms with Crippen molar-refractivity contribution in [3.05, 3.63) is 41.7 Å². The van der Waals surface area contributed by atoms with Crippen LogP contribution in [0.25, 0.3) is 6.08 Å². The number of halogens is 1. The Kier molecular flexibility index (Phi) is 7.63.